The van der Waals surface area contributed by atoms with Crippen LogP contribution in [0.1, 0.15) is 5.89 Å². The number of benzene rings is 1. The third kappa shape index (κ3) is 1.94. The third-order valence-electron chi connectivity index (χ3n) is 1.82. The molecule has 0 aliphatic rings. The summed E-state index contributed by atoms with van der Waals surface area (Å²) in [5.41, 5.74) is 0.584. The standard InChI is InChI=1S/C9H7BrN2O3/c10-4-8-11-9(12-15-8)5-1-2-6(13)7(14)3-5/h1-3,13-14H,4H2. The number of aromatic hydroxyl groups is 2. The van der Waals surface area contributed by atoms with Crippen LogP contribution in [-0.4, -0.2) is 20.4 Å². The number of phenolic OH excluding ortho intramolecular Hbond substituents is 2. The fourth-order valence-corrected chi connectivity index (χ4v) is 1.32. The molecule has 0 saturated carbocycles. The maximum Gasteiger partial charge on any atom is 0.237 e. The molecule has 0 spiro atoms. The molecule has 0 saturated heterocycles. The molecule has 0 aliphatic heterocycles. The van der Waals surface area contributed by atoms with Crippen LogP contribution in [0.3, 0.4) is 0 Å². The number of hydrogen-bond donors (Lipinski definition) is 2. The van der Waals surface area contributed by atoms with Crippen LogP contribution >= 0.6 is 15.9 Å². The predicted molar refractivity (Wildman–Crippen MR) is 55.7 cm³/mol. The SMILES string of the molecule is Oc1ccc(-c2noc(CBr)n2)cc1O. The highest BCUT2D eigenvalue weighted by Gasteiger charge is 2.09. The topological polar surface area (TPSA) is 79.4 Å². The van der Waals surface area contributed by atoms with E-state index in [0.717, 1.165) is 0 Å². The van der Waals surface area contributed by atoms with Crippen molar-refractivity contribution in [1.29, 1.82) is 0 Å². The van der Waals surface area contributed by atoms with Crippen molar-refractivity contribution in [2.24, 2.45) is 0 Å². The first-order valence-corrected chi connectivity index (χ1v) is 5.24. The zero-order valence-corrected chi connectivity index (χ0v) is 9.10. The Morgan fingerprint density at radius 2 is 2.07 bits per heavy atom. The van der Waals surface area contributed by atoms with Gasteiger partial charge in [0.25, 0.3) is 0 Å². The normalized spacial score (nSPS) is 10.5. The van der Waals surface area contributed by atoms with Crippen LogP contribution in [0.15, 0.2) is 22.7 Å². The van der Waals surface area contributed by atoms with Crippen molar-refractivity contribution in [2.75, 3.05) is 0 Å². The summed E-state index contributed by atoms with van der Waals surface area (Å²) in [4.78, 5) is 4.05. The van der Waals surface area contributed by atoms with Crippen LogP contribution in [0.5, 0.6) is 11.5 Å². The highest BCUT2D eigenvalue weighted by molar-refractivity contribution is 9.08. The quantitative estimate of drug-likeness (QED) is 0.645. The molecule has 15 heavy (non-hydrogen) atoms. The molecule has 1 aromatic carbocycles. The number of alkyl halides is 1. The molecule has 78 valence electrons. The molecule has 5 nitrogen and oxygen atoms in total. The molecular formula is C9H7BrN2O3. The predicted octanol–water partition coefficient (Wildman–Crippen LogP) is 2.04. The van der Waals surface area contributed by atoms with Gasteiger partial charge < -0.3 is 14.7 Å². The van der Waals surface area contributed by atoms with Crippen LogP contribution in [0.2, 0.25) is 0 Å². The van der Waals surface area contributed by atoms with E-state index in [0.29, 0.717) is 22.6 Å². The largest absolute Gasteiger partial charge is 0.504 e. The maximum absolute atomic E-state index is 9.28. The summed E-state index contributed by atoms with van der Waals surface area (Å²) in [7, 11) is 0. The molecule has 0 aliphatic carbocycles. The van der Waals surface area contributed by atoms with E-state index in [1.165, 1.54) is 12.1 Å². The van der Waals surface area contributed by atoms with Crippen molar-refractivity contribution in [3.63, 3.8) is 0 Å². The lowest BCUT2D eigenvalue weighted by Crippen LogP contribution is -1.81. The summed E-state index contributed by atoms with van der Waals surface area (Å²) < 4.78 is 4.89. The van der Waals surface area contributed by atoms with Crippen molar-refractivity contribution in [3.05, 3.63) is 24.1 Å². The highest BCUT2D eigenvalue weighted by atomic mass is 79.9. The average molecular weight is 271 g/mol. The number of aromatic nitrogens is 2. The minimum Gasteiger partial charge on any atom is -0.504 e. The summed E-state index contributed by atoms with van der Waals surface area (Å²) in [5.74, 6) is 0.443. The Kier molecular flexibility index (Phi) is 2.59. The fourth-order valence-electron chi connectivity index (χ4n) is 1.09. The first-order valence-electron chi connectivity index (χ1n) is 4.11. The van der Waals surface area contributed by atoms with E-state index in [9.17, 15) is 5.11 Å². The van der Waals surface area contributed by atoms with Gasteiger partial charge in [-0.05, 0) is 18.2 Å². The van der Waals surface area contributed by atoms with Gasteiger partial charge in [0.2, 0.25) is 11.7 Å². The van der Waals surface area contributed by atoms with Crippen molar-refractivity contribution in [3.8, 4) is 22.9 Å². The van der Waals surface area contributed by atoms with Crippen LogP contribution in [0.25, 0.3) is 11.4 Å². The molecule has 0 fully saturated rings. The Bertz CT molecular complexity index is 484. The molecule has 1 heterocycles. The summed E-state index contributed by atoms with van der Waals surface area (Å²) >= 11 is 3.18. The Balaban J connectivity index is 2.40. The van der Waals surface area contributed by atoms with E-state index in [1.807, 2.05) is 0 Å². The number of phenols is 2. The molecule has 0 unspecified atom stereocenters. The van der Waals surface area contributed by atoms with Gasteiger partial charge in [-0.3, -0.25) is 0 Å². The zero-order chi connectivity index (χ0) is 10.8. The Morgan fingerprint density at radius 1 is 1.27 bits per heavy atom. The van der Waals surface area contributed by atoms with Crippen molar-refractivity contribution >= 4 is 15.9 Å². The second kappa shape index (κ2) is 3.90. The van der Waals surface area contributed by atoms with E-state index in [2.05, 4.69) is 26.1 Å². The van der Waals surface area contributed by atoms with Crippen molar-refractivity contribution in [1.82, 2.24) is 10.1 Å². The van der Waals surface area contributed by atoms with Gasteiger partial charge in [-0.25, -0.2) is 0 Å². The minimum atomic E-state index is -0.210. The number of rotatable bonds is 2. The smallest absolute Gasteiger partial charge is 0.237 e. The second-order valence-corrected chi connectivity index (χ2v) is 3.41. The van der Waals surface area contributed by atoms with Crippen LogP contribution < -0.4 is 0 Å². The van der Waals surface area contributed by atoms with Crippen molar-refractivity contribution < 1.29 is 14.7 Å². The summed E-state index contributed by atoms with van der Waals surface area (Å²) in [6.07, 6.45) is 0. The monoisotopic (exact) mass is 270 g/mol. The summed E-state index contributed by atoms with van der Waals surface area (Å²) in [6, 6.07) is 4.34. The van der Waals surface area contributed by atoms with E-state index in [4.69, 9.17) is 9.63 Å². The minimum absolute atomic E-state index is 0.178. The first-order chi connectivity index (χ1) is 7.20. The number of hydrogen-bond acceptors (Lipinski definition) is 5. The summed E-state index contributed by atoms with van der Waals surface area (Å²) in [5, 5.41) is 22.6. The van der Waals surface area contributed by atoms with Gasteiger partial charge >= 0.3 is 0 Å². The van der Waals surface area contributed by atoms with E-state index in [1.54, 1.807) is 6.07 Å². The third-order valence-corrected chi connectivity index (χ3v) is 2.30. The Hall–Kier alpha value is -1.56. The average Bonchev–Trinajstić information content (AvgIpc) is 2.70. The molecule has 1 aromatic heterocycles. The van der Waals surface area contributed by atoms with Gasteiger partial charge in [0, 0.05) is 5.56 Å². The van der Waals surface area contributed by atoms with Gasteiger partial charge in [-0.2, -0.15) is 4.98 Å². The Labute approximate surface area is 93.5 Å². The zero-order valence-electron chi connectivity index (χ0n) is 7.51. The second-order valence-electron chi connectivity index (χ2n) is 2.85. The van der Waals surface area contributed by atoms with Crippen LogP contribution in [-0.2, 0) is 5.33 Å². The summed E-state index contributed by atoms with van der Waals surface area (Å²) in [6.45, 7) is 0. The molecule has 2 aromatic rings. The van der Waals surface area contributed by atoms with Gasteiger partial charge in [-0.1, -0.05) is 21.1 Å². The highest BCUT2D eigenvalue weighted by Crippen LogP contribution is 2.29. The van der Waals surface area contributed by atoms with Crippen LogP contribution in [0.4, 0.5) is 0 Å². The molecular weight excluding hydrogens is 264 g/mol. The van der Waals surface area contributed by atoms with Gasteiger partial charge in [0.15, 0.2) is 11.5 Å². The molecule has 0 atom stereocenters. The fraction of sp³-hybridized carbons (Fsp3) is 0.111. The molecule has 0 bridgehead atoms. The van der Waals surface area contributed by atoms with Gasteiger partial charge in [-0.15, -0.1) is 0 Å². The molecule has 0 amide bonds. The van der Waals surface area contributed by atoms with Gasteiger partial charge in [0.05, 0.1) is 5.33 Å². The lowest BCUT2D eigenvalue weighted by Gasteiger charge is -1.98. The number of halogens is 1. The van der Waals surface area contributed by atoms with E-state index in [-0.39, 0.29) is 11.5 Å². The maximum atomic E-state index is 9.28. The Morgan fingerprint density at radius 3 is 2.67 bits per heavy atom. The van der Waals surface area contributed by atoms with E-state index >= 15 is 0 Å². The van der Waals surface area contributed by atoms with Crippen molar-refractivity contribution in [2.45, 2.75) is 5.33 Å². The molecule has 6 heteroatoms. The lowest BCUT2D eigenvalue weighted by atomic mass is 10.2. The molecule has 0 radical (unpaired) electrons. The number of nitrogens with zero attached hydrogens (tertiary/aromatic N) is 2. The molecule has 2 rings (SSSR count). The first kappa shape index (κ1) is 9.97. The van der Waals surface area contributed by atoms with E-state index < -0.39 is 0 Å². The van der Waals surface area contributed by atoms with Gasteiger partial charge in [0.1, 0.15) is 0 Å². The lowest BCUT2D eigenvalue weighted by molar-refractivity contribution is 0.392. The molecule has 2 N–H and O–H groups in total. The van der Waals surface area contributed by atoms with Crippen LogP contribution in [0, 0.1) is 0 Å².